The molecule has 4 heterocycles. The first-order valence-corrected chi connectivity index (χ1v) is 7.50. The largest absolute Gasteiger partial charge is 0.477 e. The van der Waals surface area contributed by atoms with Gasteiger partial charge in [0, 0.05) is 36.3 Å². The van der Waals surface area contributed by atoms with Crippen molar-refractivity contribution in [2.24, 2.45) is 0 Å². The molecule has 4 aromatic rings. The van der Waals surface area contributed by atoms with Crippen molar-refractivity contribution in [2.45, 2.75) is 0 Å². The molecular weight excluding hydrogens is 332 g/mol. The number of nitrogens with zero attached hydrogens (tertiary/aromatic N) is 6. The van der Waals surface area contributed by atoms with Crippen LogP contribution in [-0.2, 0) is 0 Å². The SMILES string of the molecule is O=C(O)c1cn(-c2nc(-n3cccn3)ns2)c2ncccc2c1=O. The first-order valence-electron chi connectivity index (χ1n) is 6.73. The van der Waals surface area contributed by atoms with Gasteiger partial charge >= 0.3 is 5.97 Å². The van der Waals surface area contributed by atoms with Crippen LogP contribution in [0.4, 0.5) is 0 Å². The smallest absolute Gasteiger partial charge is 0.341 e. The number of hydrogen-bond donors (Lipinski definition) is 1. The standard InChI is InChI=1S/C14H8N6O3S/c21-10-8-3-1-4-15-11(8)19(7-9(10)12(22)23)14-17-13(18-24-14)20-6-2-5-16-20/h1-7H,(H,22,23). The van der Waals surface area contributed by atoms with Crippen LogP contribution in [-0.4, -0.2) is 39.8 Å². The van der Waals surface area contributed by atoms with Crippen LogP contribution in [0.15, 0.2) is 47.8 Å². The van der Waals surface area contributed by atoms with Crippen LogP contribution in [0, 0.1) is 0 Å². The number of rotatable bonds is 3. The second-order valence-electron chi connectivity index (χ2n) is 4.75. The average molecular weight is 340 g/mol. The Labute approximate surface area is 137 Å². The predicted octanol–water partition coefficient (Wildman–Crippen LogP) is 1.12. The van der Waals surface area contributed by atoms with Crippen LogP contribution < -0.4 is 5.43 Å². The number of fused-ring (bicyclic) bond motifs is 1. The van der Waals surface area contributed by atoms with Crippen molar-refractivity contribution in [1.82, 2.24) is 28.7 Å². The lowest BCUT2D eigenvalue weighted by Gasteiger charge is -2.07. The summed E-state index contributed by atoms with van der Waals surface area (Å²) in [4.78, 5) is 32.1. The van der Waals surface area contributed by atoms with E-state index in [0.29, 0.717) is 16.7 Å². The summed E-state index contributed by atoms with van der Waals surface area (Å²) in [5, 5.41) is 13.9. The van der Waals surface area contributed by atoms with Gasteiger partial charge in [-0.3, -0.25) is 9.36 Å². The maximum atomic E-state index is 12.3. The molecule has 0 aliphatic rings. The van der Waals surface area contributed by atoms with Crippen molar-refractivity contribution in [3.8, 4) is 11.1 Å². The second-order valence-corrected chi connectivity index (χ2v) is 5.48. The van der Waals surface area contributed by atoms with E-state index in [1.54, 1.807) is 24.5 Å². The Morgan fingerprint density at radius 1 is 1.25 bits per heavy atom. The molecule has 0 fully saturated rings. The Balaban J connectivity index is 1.98. The van der Waals surface area contributed by atoms with Gasteiger partial charge in [0.05, 0.1) is 5.39 Å². The van der Waals surface area contributed by atoms with Gasteiger partial charge in [-0.25, -0.2) is 14.5 Å². The van der Waals surface area contributed by atoms with Gasteiger partial charge in [-0.15, -0.1) is 4.37 Å². The van der Waals surface area contributed by atoms with Crippen molar-refractivity contribution < 1.29 is 9.90 Å². The Kier molecular flexibility index (Phi) is 3.17. The minimum absolute atomic E-state index is 0.202. The van der Waals surface area contributed by atoms with Gasteiger partial charge in [0.15, 0.2) is 0 Å². The number of carbonyl (C=O) groups is 1. The second kappa shape index (κ2) is 5.35. The van der Waals surface area contributed by atoms with E-state index in [4.69, 9.17) is 0 Å². The van der Waals surface area contributed by atoms with E-state index < -0.39 is 11.4 Å². The molecular formula is C14H8N6O3S. The molecule has 0 radical (unpaired) electrons. The monoisotopic (exact) mass is 340 g/mol. The van der Waals surface area contributed by atoms with Crippen molar-refractivity contribution in [2.75, 3.05) is 0 Å². The highest BCUT2D eigenvalue weighted by Crippen LogP contribution is 2.18. The molecule has 0 unspecified atom stereocenters. The summed E-state index contributed by atoms with van der Waals surface area (Å²) in [6.07, 6.45) is 6.03. The van der Waals surface area contributed by atoms with Crippen LogP contribution >= 0.6 is 11.5 Å². The van der Waals surface area contributed by atoms with Crippen LogP contribution in [0.1, 0.15) is 10.4 Å². The van der Waals surface area contributed by atoms with Gasteiger partial charge in [-0.2, -0.15) is 10.1 Å². The van der Waals surface area contributed by atoms with Gasteiger partial charge in [-0.05, 0) is 18.2 Å². The fourth-order valence-corrected chi connectivity index (χ4v) is 2.88. The van der Waals surface area contributed by atoms with Crippen LogP contribution in [0.3, 0.4) is 0 Å². The zero-order chi connectivity index (χ0) is 16.7. The van der Waals surface area contributed by atoms with E-state index in [9.17, 15) is 14.7 Å². The first-order chi connectivity index (χ1) is 11.6. The Bertz CT molecular complexity index is 1120. The number of carboxylic acid groups (broad SMARTS) is 1. The topological polar surface area (TPSA) is 116 Å². The van der Waals surface area contributed by atoms with Crippen molar-refractivity contribution >= 4 is 28.5 Å². The minimum Gasteiger partial charge on any atom is -0.477 e. The molecule has 0 saturated heterocycles. The van der Waals surface area contributed by atoms with Crippen molar-refractivity contribution in [1.29, 1.82) is 0 Å². The van der Waals surface area contributed by atoms with E-state index in [0.717, 1.165) is 11.5 Å². The summed E-state index contributed by atoms with van der Waals surface area (Å²) in [5.74, 6) is -0.962. The summed E-state index contributed by atoms with van der Waals surface area (Å²) in [7, 11) is 0. The molecule has 24 heavy (non-hydrogen) atoms. The molecule has 1 N–H and O–H groups in total. The number of carboxylic acids is 1. The van der Waals surface area contributed by atoms with E-state index in [1.807, 2.05) is 0 Å². The fraction of sp³-hybridized carbons (Fsp3) is 0. The van der Waals surface area contributed by atoms with Crippen LogP contribution in [0.25, 0.3) is 22.1 Å². The minimum atomic E-state index is -1.31. The molecule has 4 aromatic heterocycles. The summed E-state index contributed by atoms with van der Waals surface area (Å²) in [6.45, 7) is 0. The third kappa shape index (κ3) is 2.16. The average Bonchev–Trinajstić information content (AvgIpc) is 3.26. The molecule has 118 valence electrons. The number of aromatic carboxylic acids is 1. The predicted molar refractivity (Wildman–Crippen MR) is 84.9 cm³/mol. The maximum Gasteiger partial charge on any atom is 0.341 e. The van der Waals surface area contributed by atoms with Gasteiger partial charge < -0.3 is 5.11 Å². The summed E-state index contributed by atoms with van der Waals surface area (Å²) >= 11 is 1.05. The van der Waals surface area contributed by atoms with Crippen LogP contribution in [0.2, 0.25) is 0 Å². The van der Waals surface area contributed by atoms with E-state index in [1.165, 1.54) is 27.7 Å². The van der Waals surface area contributed by atoms with Gasteiger partial charge in [-0.1, -0.05) is 0 Å². The molecule has 0 saturated carbocycles. The fourth-order valence-electron chi connectivity index (χ4n) is 2.24. The molecule has 0 spiro atoms. The van der Waals surface area contributed by atoms with Crippen LogP contribution in [0.5, 0.6) is 0 Å². The summed E-state index contributed by atoms with van der Waals surface area (Å²) in [6, 6.07) is 4.84. The molecule has 0 amide bonds. The molecule has 0 aromatic carbocycles. The lowest BCUT2D eigenvalue weighted by Crippen LogP contribution is -2.18. The Morgan fingerprint density at radius 2 is 2.12 bits per heavy atom. The highest BCUT2D eigenvalue weighted by atomic mass is 32.1. The molecule has 0 atom stereocenters. The van der Waals surface area contributed by atoms with Gasteiger partial charge in [0.2, 0.25) is 10.6 Å². The Hall–Kier alpha value is -3.40. The van der Waals surface area contributed by atoms with Gasteiger partial charge in [0.25, 0.3) is 5.95 Å². The highest BCUT2D eigenvalue weighted by Gasteiger charge is 2.18. The molecule has 9 nitrogen and oxygen atoms in total. The Morgan fingerprint density at radius 3 is 2.88 bits per heavy atom. The van der Waals surface area contributed by atoms with E-state index in [2.05, 4.69) is 19.4 Å². The molecule has 0 bridgehead atoms. The van der Waals surface area contributed by atoms with E-state index >= 15 is 0 Å². The summed E-state index contributed by atoms with van der Waals surface area (Å²) < 4.78 is 7.13. The summed E-state index contributed by atoms with van der Waals surface area (Å²) in [5.41, 5.74) is -0.624. The zero-order valence-corrected chi connectivity index (χ0v) is 12.7. The third-order valence-corrected chi connectivity index (χ3v) is 4.02. The van der Waals surface area contributed by atoms with E-state index in [-0.39, 0.29) is 10.9 Å². The molecule has 10 heteroatoms. The van der Waals surface area contributed by atoms with Crippen molar-refractivity contribution in [3.05, 3.63) is 58.8 Å². The highest BCUT2D eigenvalue weighted by molar-refractivity contribution is 7.08. The number of aromatic nitrogens is 6. The molecule has 4 rings (SSSR count). The molecule has 0 aliphatic heterocycles. The lowest BCUT2D eigenvalue weighted by atomic mass is 10.2. The zero-order valence-electron chi connectivity index (χ0n) is 11.9. The first kappa shape index (κ1) is 14.2. The number of hydrogen-bond acceptors (Lipinski definition) is 7. The third-order valence-electron chi connectivity index (χ3n) is 3.31. The van der Waals surface area contributed by atoms with Crippen molar-refractivity contribution in [3.63, 3.8) is 0 Å². The maximum absolute atomic E-state index is 12.3. The van der Waals surface area contributed by atoms with Gasteiger partial charge in [0.1, 0.15) is 11.2 Å². The molecule has 0 aliphatic carbocycles. The quantitative estimate of drug-likeness (QED) is 0.594. The lowest BCUT2D eigenvalue weighted by molar-refractivity contribution is 0.0695. The number of pyridine rings is 2. The normalized spacial score (nSPS) is 11.0.